The predicted octanol–water partition coefficient (Wildman–Crippen LogP) is 3.70. The average molecular weight is 465 g/mol. The number of hydrogen-bond acceptors (Lipinski definition) is 4. The van der Waals surface area contributed by atoms with Crippen molar-refractivity contribution in [3.05, 3.63) is 45.7 Å². The van der Waals surface area contributed by atoms with Gasteiger partial charge in [0, 0.05) is 30.5 Å². The molecule has 0 aliphatic carbocycles. The number of carbonyl (C=O) groups excluding carboxylic acids is 2. The zero-order valence-corrected chi connectivity index (χ0v) is 21.1. The number of fused-ring (bicyclic) bond motifs is 1. The van der Waals surface area contributed by atoms with Gasteiger partial charge < -0.3 is 15.2 Å². The number of benzene rings is 1. The highest BCUT2D eigenvalue weighted by Gasteiger charge is 2.41. The van der Waals surface area contributed by atoms with Gasteiger partial charge in [0.25, 0.3) is 5.56 Å². The fraction of sp³-hybridized carbons (Fsp3) is 0.556. The van der Waals surface area contributed by atoms with Gasteiger partial charge in [0.15, 0.2) is 0 Å². The number of aryl methyl sites for hydroxylation is 1. The summed E-state index contributed by atoms with van der Waals surface area (Å²) >= 11 is 0. The number of amides is 2. The average Bonchev–Trinajstić information content (AvgIpc) is 3.19. The van der Waals surface area contributed by atoms with E-state index in [0.29, 0.717) is 30.9 Å². The van der Waals surface area contributed by atoms with Gasteiger partial charge in [0.2, 0.25) is 11.8 Å². The predicted molar refractivity (Wildman–Crippen MR) is 133 cm³/mol. The van der Waals surface area contributed by atoms with Crippen LogP contribution in [0.1, 0.15) is 58.6 Å². The van der Waals surface area contributed by atoms with Gasteiger partial charge in [-0.2, -0.15) is 5.26 Å². The first-order valence-corrected chi connectivity index (χ1v) is 12.0. The molecule has 2 aromatic rings. The van der Waals surface area contributed by atoms with E-state index in [-0.39, 0.29) is 35.1 Å². The molecule has 1 aliphatic rings. The highest BCUT2D eigenvalue weighted by molar-refractivity contribution is 5.89. The Morgan fingerprint density at radius 1 is 1.26 bits per heavy atom. The molecule has 0 spiro atoms. The second-order valence-corrected chi connectivity index (χ2v) is 11.1. The summed E-state index contributed by atoms with van der Waals surface area (Å²) in [4.78, 5) is 43.4. The third-order valence-electron chi connectivity index (χ3n) is 6.55. The molecule has 7 heteroatoms. The topological polar surface area (TPSA) is 106 Å². The molecule has 34 heavy (non-hydrogen) atoms. The van der Waals surface area contributed by atoms with E-state index in [0.717, 1.165) is 16.5 Å². The largest absolute Gasteiger partial charge is 0.338 e. The van der Waals surface area contributed by atoms with Crippen molar-refractivity contribution in [3.8, 4) is 6.07 Å². The zero-order chi connectivity index (χ0) is 25.2. The molecule has 0 saturated carbocycles. The number of rotatable bonds is 6. The van der Waals surface area contributed by atoms with Gasteiger partial charge in [0.1, 0.15) is 12.1 Å². The van der Waals surface area contributed by atoms with Crippen LogP contribution in [0.15, 0.2) is 29.1 Å². The molecule has 2 N–H and O–H groups in total. The van der Waals surface area contributed by atoms with Gasteiger partial charge in [-0.3, -0.25) is 14.4 Å². The van der Waals surface area contributed by atoms with E-state index in [1.165, 1.54) is 0 Å². The van der Waals surface area contributed by atoms with E-state index in [1.54, 1.807) is 11.0 Å². The van der Waals surface area contributed by atoms with Crippen molar-refractivity contribution in [1.82, 2.24) is 15.2 Å². The van der Waals surface area contributed by atoms with Crippen molar-refractivity contribution in [2.24, 2.45) is 17.3 Å². The number of H-pyrrole nitrogens is 1. The quantitative estimate of drug-likeness (QED) is 0.680. The number of pyridine rings is 1. The minimum absolute atomic E-state index is 0.0364. The number of hydrogen-bond donors (Lipinski definition) is 2. The van der Waals surface area contributed by atoms with Gasteiger partial charge in [-0.15, -0.1) is 0 Å². The SMILES string of the molecule is Cc1ccc2[nH]c(=O)c(C[C@@H](C#N)NC(=O)[C@@H]3C[C@@H](C(C)C)CN3C(=O)CC(C)(C)C)cc2c1. The Kier molecular flexibility index (Phi) is 7.50. The molecule has 1 aromatic carbocycles. The molecule has 3 rings (SSSR count). The van der Waals surface area contributed by atoms with Crippen molar-refractivity contribution < 1.29 is 9.59 Å². The first kappa shape index (κ1) is 25.5. The summed E-state index contributed by atoms with van der Waals surface area (Å²) in [5.41, 5.74) is 1.79. The highest BCUT2D eigenvalue weighted by Crippen LogP contribution is 2.31. The van der Waals surface area contributed by atoms with Crippen molar-refractivity contribution >= 4 is 22.7 Å². The fourth-order valence-electron chi connectivity index (χ4n) is 4.57. The van der Waals surface area contributed by atoms with Crippen molar-refractivity contribution in [2.45, 2.75) is 72.9 Å². The number of likely N-dealkylation sites (tertiary alicyclic amines) is 1. The molecular formula is C27H36N4O3. The Bertz CT molecular complexity index is 1170. The number of carbonyl (C=O) groups is 2. The normalized spacial score (nSPS) is 19.3. The zero-order valence-electron chi connectivity index (χ0n) is 21.1. The Balaban J connectivity index is 1.78. The summed E-state index contributed by atoms with van der Waals surface area (Å²) in [6.07, 6.45) is 1.03. The van der Waals surface area contributed by atoms with Gasteiger partial charge in [-0.1, -0.05) is 46.2 Å². The lowest BCUT2D eigenvalue weighted by molar-refractivity contribution is -0.140. The molecule has 0 bridgehead atoms. The second kappa shape index (κ2) is 10.0. The molecule has 3 atom stereocenters. The van der Waals surface area contributed by atoms with Crippen LogP contribution in [0.3, 0.4) is 0 Å². The highest BCUT2D eigenvalue weighted by atomic mass is 16.2. The van der Waals surface area contributed by atoms with Crippen molar-refractivity contribution in [1.29, 1.82) is 5.26 Å². The van der Waals surface area contributed by atoms with Crippen LogP contribution in [0, 0.1) is 35.5 Å². The van der Waals surface area contributed by atoms with E-state index in [1.807, 2.05) is 45.9 Å². The Labute approximate surface area is 201 Å². The van der Waals surface area contributed by atoms with E-state index < -0.39 is 12.1 Å². The molecule has 1 fully saturated rings. The summed E-state index contributed by atoms with van der Waals surface area (Å²) in [7, 11) is 0. The number of nitriles is 1. The molecule has 0 radical (unpaired) electrons. The van der Waals surface area contributed by atoms with Gasteiger partial charge in [-0.25, -0.2) is 0 Å². The standard InChI is InChI=1S/C27H36N4O3/c1-16(2)20-12-23(31(15-20)24(32)13-27(4,5)6)26(34)29-21(14-28)11-19-10-18-9-17(3)7-8-22(18)30-25(19)33/h7-10,16,20-21,23H,11-13,15H2,1-6H3,(H,29,34)(H,30,33)/t20-,21+,23+/m1/s1. The third-order valence-corrected chi connectivity index (χ3v) is 6.55. The summed E-state index contributed by atoms with van der Waals surface area (Å²) in [6.45, 7) is 12.7. The van der Waals surface area contributed by atoms with E-state index in [9.17, 15) is 19.6 Å². The van der Waals surface area contributed by atoms with Crippen LogP contribution in [0.5, 0.6) is 0 Å². The monoisotopic (exact) mass is 464 g/mol. The molecule has 0 unspecified atom stereocenters. The smallest absolute Gasteiger partial charge is 0.251 e. The Morgan fingerprint density at radius 3 is 2.59 bits per heavy atom. The third kappa shape index (κ3) is 6.05. The lowest BCUT2D eigenvalue weighted by atomic mass is 9.91. The molecule has 182 valence electrons. The molecular weight excluding hydrogens is 428 g/mol. The number of nitrogens with zero attached hydrogens (tertiary/aromatic N) is 2. The van der Waals surface area contributed by atoms with Crippen LogP contribution in [0.25, 0.3) is 10.9 Å². The van der Waals surface area contributed by atoms with Crippen molar-refractivity contribution in [3.63, 3.8) is 0 Å². The molecule has 1 aromatic heterocycles. The maximum absolute atomic E-state index is 13.3. The lowest BCUT2D eigenvalue weighted by Crippen LogP contribution is -2.49. The van der Waals surface area contributed by atoms with Crippen LogP contribution < -0.4 is 10.9 Å². The number of aromatic nitrogens is 1. The maximum atomic E-state index is 13.3. The molecule has 2 heterocycles. The van der Waals surface area contributed by atoms with E-state index in [4.69, 9.17) is 0 Å². The molecule has 2 amide bonds. The van der Waals surface area contributed by atoms with Crippen LogP contribution in [0.4, 0.5) is 0 Å². The summed E-state index contributed by atoms with van der Waals surface area (Å²) in [6, 6.07) is 8.18. The summed E-state index contributed by atoms with van der Waals surface area (Å²) in [5.74, 6) is 0.205. The fourth-order valence-corrected chi connectivity index (χ4v) is 4.57. The Morgan fingerprint density at radius 2 is 1.97 bits per heavy atom. The second-order valence-electron chi connectivity index (χ2n) is 11.1. The van der Waals surface area contributed by atoms with Gasteiger partial charge >= 0.3 is 0 Å². The molecule has 1 saturated heterocycles. The summed E-state index contributed by atoms with van der Waals surface area (Å²) in [5, 5.41) is 13.4. The number of nitrogens with one attached hydrogen (secondary N) is 2. The molecule has 1 aliphatic heterocycles. The Hall–Kier alpha value is -3.14. The summed E-state index contributed by atoms with van der Waals surface area (Å²) < 4.78 is 0. The number of aromatic amines is 1. The maximum Gasteiger partial charge on any atom is 0.251 e. The van der Waals surface area contributed by atoms with Crippen LogP contribution in [0.2, 0.25) is 0 Å². The minimum atomic E-state index is -0.867. The van der Waals surface area contributed by atoms with Gasteiger partial charge in [-0.05, 0) is 54.2 Å². The van der Waals surface area contributed by atoms with Crippen LogP contribution >= 0.6 is 0 Å². The van der Waals surface area contributed by atoms with E-state index >= 15 is 0 Å². The van der Waals surface area contributed by atoms with Gasteiger partial charge in [0.05, 0.1) is 6.07 Å². The lowest BCUT2D eigenvalue weighted by Gasteiger charge is -2.28. The first-order valence-electron chi connectivity index (χ1n) is 12.0. The van der Waals surface area contributed by atoms with Crippen LogP contribution in [-0.4, -0.2) is 40.3 Å². The first-order chi connectivity index (χ1) is 15.9. The van der Waals surface area contributed by atoms with Crippen LogP contribution in [-0.2, 0) is 16.0 Å². The van der Waals surface area contributed by atoms with Crippen molar-refractivity contribution in [2.75, 3.05) is 6.54 Å². The minimum Gasteiger partial charge on any atom is -0.338 e. The van der Waals surface area contributed by atoms with E-state index in [2.05, 4.69) is 30.2 Å². The molecule has 7 nitrogen and oxygen atoms in total.